The quantitative estimate of drug-likeness (QED) is 0.569. The van der Waals surface area contributed by atoms with Gasteiger partial charge in [0.15, 0.2) is 0 Å². The third-order valence-corrected chi connectivity index (χ3v) is 2.69. The molecule has 0 aliphatic rings. The van der Waals surface area contributed by atoms with E-state index in [4.69, 9.17) is 0 Å². The highest BCUT2D eigenvalue weighted by molar-refractivity contribution is 5.13. The first-order chi connectivity index (χ1) is 5.99. The van der Waals surface area contributed by atoms with Crippen LogP contribution >= 0.6 is 0 Å². The zero-order valence-corrected chi connectivity index (χ0v) is 9.51. The number of hydrogen-bond donors (Lipinski definition) is 0. The Morgan fingerprint density at radius 1 is 1.38 bits per heavy atom. The van der Waals surface area contributed by atoms with Crippen LogP contribution in [0.5, 0.6) is 0 Å². The van der Waals surface area contributed by atoms with Gasteiger partial charge in [0.2, 0.25) is 0 Å². The molecule has 0 aliphatic heterocycles. The first-order valence-electron chi connectivity index (χ1n) is 5.00. The summed E-state index contributed by atoms with van der Waals surface area (Å²) in [6, 6.07) is 0.629. The lowest BCUT2D eigenvalue weighted by atomic mass is 9.99. The highest BCUT2D eigenvalue weighted by Crippen LogP contribution is 2.14. The number of rotatable bonds is 6. The van der Waals surface area contributed by atoms with E-state index in [9.17, 15) is 0 Å². The first kappa shape index (κ1) is 12.4. The third-order valence-electron chi connectivity index (χ3n) is 2.69. The Morgan fingerprint density at radius 3 is 2.31 bits per heavy atom. The van der Waals surface area contributed by atoms with Crippen LogP contribution < -0.4 is 0 Å². The molecular formula is C12H23N. The van der Waals surface area contributed by atoms with Crippen LogP contribution in [0.25, 0.3) is 0 Å². The standard InChI is InChI=1S/C12H23N/c1-7-11(4)12(5)8-9-13(6)10(2)3/h7,10,12H,1,4,8-9H2,2-3,5-6H3. The SMILES string of the molecule is C=CC(=C)C(C)CCN(C)C(C)C. The molecule has 0 spiro atoms. The van der Waals surface area contributed by atoms with Crippen molar-refractivity contribution in [1.82, 2.24) is 4.90 Å². The van der Waals surface area contributed by atoms with Crippen molar-refractivity contribution in [3.05, 3.63) is 24.8 Å². The number of allylic oxidation sites excluding steroid dienone is 2. The van der Waals surface area contributed by atoms with E-state index in [1.165, 1.54) is 6.42 Å². The molecule has 1 heteroatoms. The highest BCUT2D eigenvalue weighted by Gasteiger charge is 2.07. The average Bonchev–Trinajstić information content (AvgIpc) is 2.11. The van der Waals surface area contributed by atoms with Crippen molar-refractivity contribution in [3.8, 4) is 0 Å². The lowest BCUT2D eigenvalue weighted by Crippen LogP contribution is -2.28. The van der Waals surface area contributed by atoms with Crippen LogP contribution in [-0.4, -0.2) is 24.5 Å². The summed E-state index contributed by atoms with van der Waals surface area (Å²) in [7, 11) is 2.16. The van der Waals surface area contributed by atoms with Gasteiger partial charge >= 0.3 is 0 Å². The van der Waals surface area contributed by atoms with Crippen molar-refractivity contribution >= 4 is 0 Å². The Balaban J connectivity index is 3.75. The lowest BCUT2D eigenvalue weighted by Gasteiger charge is -2.23. The normalized spacial score (nSPS) is 13.4. The van der Waals surface area contributed by atoms with Crippen molar-refractivity contribution in [2.45, 2.75) is 33.2 Å². The van der Waals surface area contributed by atoms with Crippen LogP contribution in [0, 0.1) is 5.92 Å². The average molecular weight is 181 g/mol. The molecule has 1 atom stereocenters. The summed E-state index contributed by atoms with van der Waals surface area (Å²) in [5, 5.41) is 0. The van der Waals surface area contributed by atoms with Crippen molar-refractivity contribution < 1.29 is 0 Å². The maximum atomic E-state index is 3.96. The van der Waals surface area contributed by atoms with Crippen LogP contribution in [-0.2, 0) is 0 Å². The molecule has 0 aliphatic carbocycles. The van der Waals surface area contributed by atoms with Gasteiger partial charge in [-0.3, -0.25) is 0 Å². The summed E-state index contributed by atoms with van der Waals surface area (Å²) in [6.45, 7) is 15.5. The Kier molecular flexibility index (Phi) is 5.72. The van der Waals surface area contributed by atoms with Crippen LogP contribution in [0.15, 0.2) is 24.8 Å². The van der Waals surface area contributed by atoms with Gasteiger partial charge in [-0.2, -0.15) is 0 Å². The summed E-state index contributed by atoms with van der Waals surface area (Å²) >= 11 is 0. The molecular weight excluding hydrogens is 158 g/mol. The largest absolute Gasteiger partial charge is 0.304 e. The second-order valence-electron chi connectivity index (χ2n) is 4.04. The number of nitrogens with zero attached hydrogens (tertiary/aromatic N) is 1. The monoisotopic (exact) mass is 181 g/mol. The molecule has 0 heterocycles. The van der Waals surface area contributed by atoms with E-state index in [1.807, 2.05) is 6.08 Å². The Hall–Kier alpha value is -0.560. The Labute approximate surface area is 83.1 Å². The van der Waals surface area contributed by atoms with Gasteiger partial charge in [-0.05, 0) is 39.8 Å². The lowest BCUT2D eigenvalue weighted by molar-refractivity contribution is 0.260. The molecule has 0 N–H and O–H groups in total. The third kappa shape index (κ3) is 4.89. The summed E-state index contributed by atoms with van der Waals surface area (Å²) < 4.78 is 0. The second-order valence-corrected chi connectivity index (χ2v) is 4.04. The van der Waals surface area contributed by atoms with Crippen LogP contribution in [0.4, 0.5) is 0 Å². The van der Waals surface area contributed by atoms with Gasteiger partial charge in [-0.25, -0.2) is 0 Å². The minimum Gasteiger partial charge on any atom is -0.304 e. The molecule has 0 saturated carbocycles. The maximum Gasteiger partial charge on any atom is 0.00355 e. The van der Waals surface area contributed by atoms with Gasteiger partial charge in [-0.1, -0.05) is 31.7 Å². The highest BCUT2D eigenvalue weighted by atomic mass is 15.1. The molecule has 0 bridgehead atoms. The van der Waals surface area contributed by atoms with E-state index < -0.39 is 0 Å². The summed E-state index contributed by atoms with van der Waals surface area (Å²) in [4.78, 5) is 2.35. The first-order valence-corrected chi connectivity index (χ1v) is 5.00. The molecule has 76 valence electrons. The second kappa shape index (κ2) is 5.98. The van der Waals surface area contributed by atoms with Gasteiger partial charge < -0.3 is 4.90 Å². The summed E-state index contributed by atoms with van der Waals surface area (Å²) in [5.74, 6) is 0.554. The van der Waals surface area contributed by atoms with Gasteiger partial charge in [0, 0.05) is 6.04 Å². The van der Waals surface area contributed by atoms with E-state index in [0.29, 0.717) is 12.0 Å². The van der Waals surface area contributed by atoms with Gasteiger partial charge in [-0.15, -0.1) is 0 Å². The van der Waals surface area contributed by atoms with E-state index in [1.54, 1.807) is 0 Å². The predicted octanol–water partition coefficient (Wildman–Crippen LogP) is 3.10. The molecule has 0 radical (unpaired) electrons. The minimum atomic E-state index is 0.554. The molecule has 0 aromatic carbocycles. The predicted molar refractivity (Wildman–Crippen MR) is 60.9 cm³/mol. The summed E-state index contributed by atoms with van der Waals surface area (Å²) in [6.07, 6.45) is 3.03. The Morgan fingerprint density at radius 2 is 1.92 bits per heavy atom. The zero-order chi connectivity index (χ0) is 10.4. The van der Waals surface area contributed by atoms with Gasteiger partial charge in [0.05, 0.1) is 0 Å². The molecule has 0 aromatic heterocycles. The smallest absolute Gasteiger partial charge is 0.00355 e. The molecule has 1 nitrogen and oxygen atoms in total. The minimum absolute atomic E-state index is 0.554. The van der Waals surface area contributed by atoms with Crippen molar-refractivity contribution in [3.63, 3.8) is 0 Å². The molecule has 0 fully saturated rings. The van der Waals surface area contributed by atoms with Gasteiger partial charge in [0.25, 0.3) is 0 Å². The Bertz CT molecular complexity index is 170. The van der Waals surface area contributed by atoms with Gasteiger partial charge in [0.1, 0.15) is 0 Å². The molecule has 0 saturated heterocycles. The summed E-state index contributed by atoms with van der Waals surface area (Å²) in [5.41, 5.74) is 1.15. The maximum absolute atomic E-state index is 3.96. The van der Waals surface area contributed by atoms with Crippen LogP contribution in [0.1, 0.15) is 27.2 Å². The fraction of sp³-hybridized carbons (Fsp3) is 0.667. The molecule has 1 unspecified atom stereocenters. The van der Waals surface area contributed by atoms with E-state index in [-0.39, 0.29) is 0 Å². The number of hydrogen-bond acceptors (Lipinski definition) is 1. The van der Waals surface area contributed by atoms with Crippen LogP contribution in [0.3, 0.4) is 0 Å². The molecule has 13 heavy (non-hydrogen) atoms. The topological polar surface area (TPSA) is 3.24 Å². The van der Waals surface area contributed by atoms with E-state index in [2.05, 4.69) is 45.9 Å². The molecule has 0 aromatic rings. The van der Waals surface area contributed by atoms with E-state index >= 15 is 0 Å². The molecule has 0 rings (SSSR count). The fourth-order valence-corrected chi connectivity index (χ4v) is 1.04. The zero-order valence-electron chi connectivity index (χ0n) is 9.51. The van der Waals surface area contributed by atoms with Crippen molar-refractivity contribution in [2.75, 3.05) is 13.6 Å². The molecule has 0 amide bonds. The van der Waals surface area contributed by atoms with Crippen LogP contribution in [0.2, 0.25) is 0 Å². The van der Waals surface area contributed by atoms with E-state index in [0.717, 1.165) is 12.1 Å². The van der Waals surface area contributed by atoms with Crippen molar-refractivity contribution in [2.24, 2.45) is 5.92 Å². The fourth-order valence-electron chi connectivity index (χ4n) is 1.04. The van der Waals surface area contributed by atoms with Crippen molar-refractivity contribution in [1.29, 1.82) is 0 Å².